The molecule has 1 saturated heterocycles. The van der Waals surface area contributed by atoms with Crippen LogP contribution in [0, 0.1) is 67.5 Å². The Balaban J connectivity index is 1.47. The minimum absolute atomic E-state index is 0.00250. The van der Waals surface area contributed by atoms with Crippen LogP contribution in [0.15, 0.2) is 11.6 Å². The van der Waals surface area contributed by atoms with Gasteiger partial charge in [-0.25, -0.2) is 0 Å². The Morgan fingerprint density at radius 1 is 0.917 bits per heavy atom. The quantitative estimate of drug-likeness (QED) is 0.383. The van der Waals surface area contributed by atoms with Gasteiger partial charge in [0.25, 0.3) is 0 Å². The lowest BCUT2D eigenvalue weighted by atomic mass is 9.31. The number of hydrogen-bond acceptors (Lipinski definition) is 4. The molecular weight excluding hydrogens is 446 g/mol. The van der Waals surface area contributed by atoms with Gasteiger partial charge in [-0.05, 0) is 84.4 Å². The van der Waals surface area contributed by atoms with Gasteiger partial charge in [-0.15, -0.1) is 0 Å². The van der Waals surface area contributed by atoms with Crippen molar-refractivity contribution < 1.29 is 14.3 Å². The molecule has 6 aliphatic rings. The van der Waals surface area contributed by atoms with E-state index >= 15 is 0 Å². The van der Waals surface area contributed by atoms with Crippen molar-refractivity contribution in [3.63, 3.8) is 0 Å². The molecule has 1 heterocycles. The molecule has 0 bridgehead atoms. The van der Waals surface area contributed by atoms with Crippen molar-refractivity contribution in [2.45, 2.75) is 106 Å². The fourth-order valence-electron chi connectivity index (χ4n) is 11.3. The van der Waals surface area contributed by atoms with Crippen LogP contribution in [-0.4, -0.2) is 24.3 Å². The van der Waals surface area contributed by atoms with Gasteiger partial charge in [-0.1, -0.05) is 54.5 Å². The highest BCUT2D eigenvalue weighted by Crippen LogP contribution is 2.76. The van der Waals surface area contributed by atoms with Gasteiger partial charge in [0.2, 0.25) is 0 Å². The standard InChI is InChI=1S/C32H45NO3/c1-27(2)10-12-32(24-18-36-24)13-11-31(7)25(20(32)16-27)21(34)14-23-29(5)15-19(17-33)26(35)28(3,4)22(29)8-9-30(23,31)6/h15,20,22-25H,8-14,16,18H2,1-7H3/t20?,22-,23+,24+,25?,29-,30+,31+,32-/m0/s1. The van der Waals surface area contributed by atoms with Gasteiger partial charge in [0, 0.05) is 23.2 Å². The molecule has 9 atom stereocenters. The third kappa shape index (κ3) is 2.85. The molecule has 0 aromatic heterocycles. The Hall–Kier alpha value is -1.47. The van der Waals surface area contributed by atoms with Crippen molar-refractivity contribution in [1.29, 1.82) is 5.26 Å². The van der Waals surface area contributed by atoms with E-state index in [1.165, 1.54) is 19.3 Å². The zero-order chi connectivity index (χ0) is 26.1. The van der Waals surface area contributed by atoms with Crippen LogP contribution < -0.4 is 0 Å². The highest BCUT2D eigenvalue weighted by Gasteiger charge is 2.73. The van der Waals surface area contributed by atoms with Crippen molar-refractivity contribution in [3.8, 4) is 6.07 Å². The third-order valence-corrected chi connectivity index (χ3v) is 13.5. The fourth-order valence-corrected chi connectivity index (χ4v) is 11.3. The number of ether oxygens (including phenoxy) is 1. The van der Waals surface area contributed by atoms with Crippen LogP contribution in [0.2, 0.25) is 0 Å². The lowest BCUT2D eigenvalue weighted by Crippen LogP contribution is -2.69. The van der Waals surface area contributed by atoms with E-state index < -0.39 is 5.41 Å². The van der Waals surface area contributed by atoms with Crippen LogP contribution in [0.5, 0.6) is 0 Å². The average molecular weight is 492 g/mol. The summed E-state index contributed by atoms with van der Waals surface area (Å²) in [5, 5.41) is 9.90. The Kier molecular flexibility index (Phi) is 4.92. The van der Waals surface area contributed by atoms with Crippen molar-refractivity contribution in [2.75, 3.05) is 6.61 Å². The summed E-state index contributed by atoms with van der Waals surface area (Å²) in [4.78, 5) is 27.7. The van der Waals surface area contributed by atoms with Crippen LogP contribution in [0.3, 0.4) is 0 Å². The van der Waals surface area contributed by atoms with Crippen LogP contribution in [0.25, 0.3) is 0 Å². The Bertz CT molecular complexity index is 1110. The molecule has 196 valence electrons. The molecule has 0 aromatic carbocycles. The minimum Gasteiger partial charge on any atom is -0.373 e. The number of nitriles is 1. The van der Waals surface area contributed by atoms with E-state index in [2.05, 4.69) is 40.7 Å². The first-order valence-corrected chi connectivity index (χ1v) is 14.5. The first-order valence-electron chi connectivity index (χ1n) is 14.5. The summed E-state index contributed by atoms with van der Waals surface area (Å²) in [5.41, 5.74) is -0.209. The molecule has 5 aliphatic carbocycles. The zero-order valence-corrected chi connectivity index (χ0v) is 23.5. The number of ketones is 2. The molecule has 0 spiro atoms. The van der Waals surface area contributed by atoms with Crippen molar-refractivity contribution >= 4 is 11.6 Å². The highest BCUT2D eigenvalue weighted by atomic mass is 16.6. The Morgan fingerprint density at radius 3 is 2.22 bits per heavy atom. The summed E-state index contributed by atoms with van der Waals surface area (Å²) in [6.45, 7) is 17.0. The molecule has 0 N–H and O–H groups in total. The second-order valence-corrected chi connectivity index (χ2v) is 15.7. The van der Waals surface area contributed by atoms with Gasteiger partial charge >= 0.3 is 0 Å². The minimum atomic E-state index is -0.574. The van der Waals surface area contributed by atoms with E-state index in [-0.39, 0.29) is 50.6 Å². The molecule has 4 heteroatoms. The third-order valence-electron chi connectivity index (χ3n) is 13.5. The number of rotatable bonds is 1. The molecule has 0 aromatic rings. The van der Waals surface area contributed by atoms with E-state index in [0.717, 1.165) is 32.3 Å². The number of allylic oxidation sites excluding steroid dienone is 2. The van der Waals surface area contributed by atoms with E-state index in [0.29, 0.717) is 29.8 Å². The Labute approximate surface area is 217 Å². The zero-order valence-electron chi connectivity index (χ0n) is 23.5. The number of hydrogen-bond donors (Lipinski definition) is 0. The summed E-state index contributed by atoms with van der Waals surface area (Å²) in [5.74, 6) is 1.26. The SMILES string of the molecule is CC1(C)CC[C@]2([C@H]3CO3)CC[C@]3(C)C(C(=O)C[C@@H]4[C@@]5(C)C=C(C#N)C(=O)C(C)(C)[C@@H]5CC[C@]43C)C2C1. The summed E-state index contributed by atoms with van der Waals surface area (Å²) < 4.78 is 6.02. The summed E-state index contributed by atoms with van der Waals surface area (Å²) in [7, 11) is 0. The molecule has 6 rings (SSSR count). The van der Waals surface area contributed by atoms with Gasteiger partial charge in [0.1, 0.15) is 11.9 Å². The number of carbonyl (C=O) groups is 2. The maximum absolute atomic E-state index is 14.5. The van der Waals surface area contributed by atoms with E-state index in [1.807, 2.05) is 19.9 Å². The lowest BCUT2D eigenvalue weighted by molar-refractivity contribution is -0.224. The second kappa shape index (κ2) is 7.13. The molecular formula is C32H45NO3. The van der Waals surface area contributed by atoms with Crippen LogP contribution >= 0.6 is 0 Å². The topological polar surface area (TPSA) is 70.5 Å². The van der Waals surface area contributed by atoms with Crippen LogP contribution in [0.1, 0.15) is 99.8 Å². The average Bonchev–Trinajstić information content (AvgIpc) is 3.63. The van der Waals surface area contributed by atoms with Gasteiger partial charge in [-0.3, -0.25) is 9.59 Å². The normalized spacial score (nSPS) is 52.6. The summed E-state index contributed by atoms with van der Waals surface area (Å²) >= 11 is 0. The van der Waals surface area contributed by atoms with E-state index in [1.54, 1.807) is 0 Å². The molecule has 0 radical (unpaired) electrons. The fraction of sp³-hybridized carbons (Fsp3) is 0.844. The van der Waals surface area contributed by atoms with Gasteiger partial charge in [0.05, 0.1) is 18.3 Å². The van der Waals surface area contributed by atoms with Crippen molar-refractivity contribution in [2.24, 2.45) is 56.2 Å². The maximum atomic E-state index is 14.5. The monoisotopic (exact) mass is 491 g/mol. The first-order chi connectivity index (χ1) is 16.7. The smallest absolute Gasteiger partial charge is 0.178 e. The predicted molar refractivity (Wildman–Crippen MR) is 139 cm³/mol. The molecule has 0 amide bonds. The van der Waals surface area contributed by atoms with E-state index in [4.69, 9.17) is 4.74 Å². The number of epoxide rings is 1. The van der Waals surface area contributed by atoms with Gasteiger partial charge in [-0.2, -0.15) is 5.26 Å². The summed E-state index contributed by atoms with van der Waals surface area (Å²) in [6, 6.07) is 2.24. The number of carbonyl (C=O) groups excluding carboxylic acids is 2. The Morgan fingerprint density at radius 2 is 1.58 bits per heavy atom. The van der Waals surface area contributed by atoms with Gasteiger partial charge < -0.3 is 4.74 Å². The largest absolute Gasteiger partial charge is 0.373 e. The molecule has 4 nitrogen and oxygen atoms in total. The van der Waals surface area contributed by atoms with Crippen molar-refractivity contribution in [3.05, 3.63) is 11.6 Å². The number of fused-ring (bicyclic) bond motifs is 7. The van der Waals surface area contributed by atoms with E-state index in [9.17, 15) is 14.9 Å². The molecule has 2 unspecified atom stereocenters. The number of nitrogens with zero attached hydrogens (tertiary/aromatic N) is 1. The lowest BCUT2D eigenvalue weighted by Gasteiger charge is -2.72. The van der Waals surface area contributed by atoms with Gasteiger partial charge in [0.15, 0.2) is 5.78 Å². The molecule has 5 fully saturated rings. The maximum Gasteiger partial charge on any atom is 0.178 e. The molecule has 1 aliphatic heterocycles. The number of Topliss-reactive ketones (excluding diaryl/α,β-unsaturated/α-hetero) is 2. The molecule has 36 heavy (non-hydrogen) atoms. The molecule has 4 saturated carbocycles. The van der Waals surface area contributed by atoms with Crippen LogP contribution in [0.4, 0.5) is 0 Å². The van der Waals surface area contributed by atoms with Crippen LogP contribution in [-0.2, 0) is 14.3 Å². The van der Waals surface area contributed by atoms with Crippen molar-refractivity contribution in [1.82, 2.24) is 0 Å². The highest BCUT2D eigenvalue weighted by molar-refractivity contribution is 6.04. The first kappa shape index (κ1) is 24.8. The second-order valence-electron chi connectivity index (χ2n) is 15.7. The predicted octanol–water partition coefficient (Wildman–Crippen LogP) is 6.68. The summed E-state index contributed by atoms with van der Waals surface area (Å²) in [6.07, 6.45) is 10.8.